The molecule has 0 saturated carbocycles. The summed E-state index contributed by atoms with van der Waals surface area (Å²) in [5.74, 6) is -0.251. The van der Waals surface area contributed by atoms with E-state index in [0.717, 1.165) is 8.47 Å². The third-order valence-corrected chi connectivity index (χ3v) is 6.57. The lowest BCUT2D eigenvalue weighted by Crippen LogP contribution is -3.14. The summed E-state index contributed by atoms with van der Waals surface area (Å²) in [7, 11) is -2.88. The molecule has 1 heterocycles. The molecule has 0 unspecified atom stereocenters. The first-order valence-corrected chi connectivity index (χ1v) is 10.7. The van der Waals surface area contributed by atoms with E-state index in [-0.39, 0.29) is 29.4 Å². The van der Waals surface area contributed by atoms with Gasteiger partial charge in [-0.1, -0.05) is 0 Å². The molecule has 1 aromatic carbocycles. The molecule has 1 aliphatic heterocycles. The quantitative estimate of drug-likeness (QED) is 0.409. The van der Waals surface area contributed by atoms with Crippen LogP contribution >= 0.6 is 45.2 Å². The van der Waals surface area contributed by atoms with Gasteiger partial charge in [0, 0.05) is 3.57 Å². The van der Waals surface area contributed by atoms with Gasteiger partial charge in [0.25, 0.3) is 0 Å². The number of hydrogen-bond donors (Lipinski definition) is 2. The van der Waals surface area contributed by atoms with Crippen molar-refractivity contribution >= 4 is 61.0 Å². The number of carbonyl (C=O) groups is 1. The van der Waals surface area contributed by atoms with Crippen LogP contribution in [0.3, 0.4) is 0 Å². The molecule has 1 aromatic rings. The van der Waals surface area contributed by atoms with E-state index in [1.807, 2.05) is 22.6 Å². The zero-order valence-corrected chi connectivity index (χ0v) is 16.8. The Morgan fingerprint density at radius 2 is 1.91 bits per heavy atom. The molecule has 0 spiro atoms. The van der Waals surface area contributed by atoms with Crippen molar-refractivity contribution < 1.29 is 28.0 Å². The van der Waals surface area contributed by atoms with Gasteiger partial charge in [-0.25, -0.2) is 13.2 Å². The lowest BCUT2D eigenvalue weighted by Gasteiger charge is -2.23. The van der Waals surface area contributed by atoms with E-state index in [0.29, 0.717) is 23.2 Å². The number of esters is 1. The molecular formula is C13H16I2NO5S+. The number of hydrogen-bond acceptors (Lipinski definition) is 5. The summed E-state index contributed by atoms with van der Waals surface area (Å²) in [4.78, 5) is 13.1. The van der Waals surface area contributed by atoms with Crippen LogP contribution < -0.4 is 4.90 Å². The number of phenolic OH excluding ortho intramolecular Hbond substituents is 1. The molecule has 1 saturated heterocycles. The Morgan fingerprint density at radius 3 is 2.55 bits per heavy atom. The van der Waals surface area contributed by atoms with Gasteiger partial charge in [0.2, 0.25) is 0 Å². The molecule has 0 aliphatic carbocycles. The number of rotatable bonds is 4. The summed E-state index contributed by atoms with van der Waals surface area (Å²) >= 11 is 4.03. The monoisotopic (exact) mass is 552 g/mol. The van der Waals surface area contributed by atoms with Crippen LogP contribution in [-0.2, 0) is 14.6 Å². The number of aromatic hydroxyl groups is 1. The number of carbonyl (C=O) groups excluding carboxylic acids is 1. The van der Waals surface area contributed by atoms with Gasteiger partial charge < -0.3 is 14.7 Å². The molecule has 0 radical (unpaired) electrons. The van der Waals surface area contributed by atoms with E-state index < -0.39 is 15.8 Å². The van der Waals surface area contributed by atoms with E-state index in [2.05, 4.69) is 22.6 Å². The summed E-state index contributed by atoms with van der Waals surface area (Å²) in [6.07, 6.45) is 0. The maximum absolute atomic E-state index is 12.0. The van der Waals surface area contributed by atoms with E-state index in [1.54, 1.807) is 12.1 Å². The van der Waals surface area contributed by atoms with Crippen LogP contribution in [0.25, 0.3) is 0 Å². The summed E-state index contributed by atoms with van der Waals surface area (Å²) in [5.41, 5.74) is 0.160. The van der Waals surface area contributed by atoms with Crippen molar-refractivity contribution in [1.82, 2.24) is 0 Å². The van der Waals surface area contributed by atoms with E-state index in [4.69, 9.17) is 4.74 Å². The molecule has 1 fully saturated rings. The minimum absolute atomic E-state index is 0.0672. The Morgan fingerprint density at radius 1 is 1.27 bits per heavy atom. The van der Waals surface area contributed by atoms with Crippen molar-refractivity contribution in [2.75, 3.05) is 37.7 Å². The van der Waals surface area contributed by atoms with Crippen molar-refractivity contribution in [3.05, 3.63) is 24.8 Å². The van der Waals surface area contributed by atoms with E-state index in [9.17, 15) is 18.3 Å². The summed E-state index contributed by atoms with van der Waals surface area (Å²) in [5, 5.41) is 9.91. The van der Waals surface area contributed by atoms with E-state index >= 15 is 0 Å². The fraction of sp³-hybridized carbons (Fsp3) is 0.462. The Kier molecular flexibility index (Phi) is 6.30. The number of quaternary nitrogens is 1. The van der Waals surface area contributed by atoms with Gasteiger partial charge in [-0.2, -0.15) is 0 Å². The smallest absolute Gasteiger partial charge is 0.342 e. The highest BCUT2D eigenvalue weighted by Gasteiger charge is 2.25. The van der Waals surface area contributed by atoms with Gasteiger partial charge in [0.05, 0.1) is 28.2 Å². The number of halogens is 2. The van der Waals surface area contributed by atoms with E-state index in [1.165, 1.54) is 0 Å². The average Bonchev–Trinajstić information content (AvgIpc) is 2.44. The van der Waals surface area contributed by atoms with Crippen LogP contribution in [0.1, 0.15) is 10.4 Å². The second kappa shape index (κ2) is 7.62. The van der Waals surface area contributed by atoms with Gasteiger partial charge in [0.1, 0.15) is 24.5 Å². The Balaban J connectivity index is 1.86. The van der Waals surface area contributed by atoms with Crippen LogP contribution in [0.4, 0.5) is 0 Å². The Hall–Kier alpha value is -0.140. The molecule has 6 nitrogen and oxygen atoms in total. The molecular weight excluding hydrogens is 536 g/mol. The molecule has 0 bridgehead atoms. The molecule has 2 rings (SSSR count). The molecule has 0 atom stereocenters. The minimum Gasteiger partial charge on any atom is -0.506 e. The topological polar surface area (TPSA) is 85.1 Å². The van der Waals surface area contributed by atoms with Gasteiger partial charge >= 0.3 is 5.97 Å². The van der Waals surface area contributed by atoms with Crippen molar-refractivity contribution in [2.24, 2.45) is 0 Å². The average molecular weight is 552 g/mol. The lowest BCUT2D eigenvalue weighted by atomic mass is 10.2. The molecule has 9 heteroatoms. The first-order valence-electron chi connectivity index (χ1n) is 6.67. The second-order valence-corrected chi connectivity index (χ2v) is 9.78. The zero-order chi connectivity index (χ0) is 16.3. The fourth-order valence-electron chi connectivity index (χ4n) is 2.16. The van der Waals surface area contributed by atoms with Gasteiger partial charge in [-0.15, -0.1) is 0 Å². The van der Waals surface area contributed by atoms with Crippen LogP contribution in [0.15, 0.2) is 12.1 Å². The maximum Gasteiger partial charge on any atom is 0.342 e. The summed E-state index contributed by atoms with van der Waals surface area (Å²) in [6.45, 7) is 1.87. The highest BCUT2D eigenvalue weighted by Crippen LogP contribution is 2.27. The standard InChI is InChI=1S/C13H15I2NO5S/c14-9-7-10(12(17)11(15)8-9)13(18)21-4-1-16-2-5-22(19,20)6-3-16/h7-8,17H,1-6H2/p+1. The second-order valence-electron chi connectivity index (χ2n) is 5.07. The zero-order valence-electron chi connectivity index (χ0n) is 11.6. The third kappa shape index (κ3) is 4.93. The predicted octanol–water partition coefficient (Wildman–Crippen LogP) is 0.0715. The normalized spacial score (nSPS) is 18.1. The maximum atomic E-state index is 12.0. The Bertz CT molecular complexity index is 663. The minimum atomic E-state index is -2.88. The Labute approximate surface area is 156 Å². The number of ether oxygens (including phenoxy) is 1. The van der Waals surface area contributed by atoms with Crippen molar-refractivity contribution in [3.8, 4) is 5.75 Å². The molecule has 0 aromatic heterocycles. The molecule has 0 amide bonds. The highest BCUT2D eigenvalue weighted by atomic mass is 127. The van der Waals surface area contributed by atoms with Crippen molar-refractivity contribution in [2.45, 2.75) is 0 Å². The number of nitrogens with one attached hydrogen (secondary N) is 1. The summed E-state index contributed by atoms with van der Waals surface area (Å²) < 4.78 is 29.3. The predicted molar refractivity (Wildman–Crippen MR) is 98.0 cm³/mol. The SMILES string of the molecule is O=C(OCC[NH+]1CCS(=O)(=O)CC1)c1cc(I)cc(I)c1O. The third-order valence-electron chi connectivity index (χ3n) is 3.47. The molecule has 2 N–H and O–H groups in total. The van der Waals surface area contributed by atoms with Gasteiger partial charge in [-0.3, -0.25) is 0 Å². The molecule has 22 heavy (non-hydrogen) atoms. The van der Waals surface area contributed by atoms with Crippen molar-refractivity contribution in [1.29, 1.82) is 0 Å². The fourth-order valence-corrected chi connectivity index (χ4v) is 5.41. The largest absolute Gasteiger partial charge is 0.506 e. The molecule has 122 valence electrons. The van der Waals surface area contributed by atoms with Crippen LogP contribution in [0, 0.1) is 7.14 Å². The first-order chi connectivity index (χ1) is 10.3. The highest BCUT2D eigenvalue weighted by molar-refractivity contribution is 14.1. The number of sulfone groups is 1. The van der Waals surface area contributed by atoms with Gasteiger partial charge in [-0.05, 0) is 57.3 Å². The van der Waals surface area contributed by atoms with Crippen molar-refractivity contribution in [3.63, 3.8) is 0 Å². The van der Waals surface area contributed by atoms with Crippen LogP contribution in [0.2, 0.25) is 0 Å². The van der Waals surface area contributed by atoms with Gasteiger partial charge in [0.15, 0.2) is 9.84 Å². The molecule has 1 aliphatic rings. The lowest BCUT2D eigenvalue weighted by molar-refractivity contribution is -0.896. The van der Waals surface area contributed by atoms with Crippen LogP contribution in [0.5, 0.6) is 5.75 Å². The first kappa shape index (κ1) is 18.2. The summed E-state index contributed by atoms with van der Waals surface area (Å²) in [6, 6.07) is 3.35. The number of phenols is 1. The van der Waals surface area contributed by atoms with Crippen LogP contribution in [-0.4, -0.2) is 57.2 Å². The number of benzene rings is 1.